The Bertz CT molecular complexity index is 526. The van der Waals surface area contributed by atoms with Gasteiger partial charge in [0.05, 0.1) is 18.4 Å². The molecule has 88 valence electrons. The van der Waals surface area contributed by atoms with Crippen molar-refractivity contribution in [3.05, 3.63) is 46.5 Å². The van der Waals surface area contributed by atoms with Crippen LogP contribution in [-0.4, -0.2) is 10.9 Å². The summed E-state index contributed by atoms with van der Waals surface area (Å²) in [6.07, 6.45) is 3.09. The zero-order valence-corrected chi connectivity index (χ0v) is 10.4. The van der Waals surface area contributed by atoms with Crippen LogP contribution in [0, 0.1) is 0 Å². The van der Waals surface area contributed by atoms with E-state index in [2.05, 4.69) is 26.2 Å². The Balaban J connectivity index is 2.07. The van der Waals surface area contributed by atoms with Crippen molar-refractivity contribution in [1.29, 1.82) is 0 Å². The summed E-state index contributed by atoms with van der Waals surface area (Å²) in [5, 5.41) is 2.70. The van der Waals surface area contributed by atoms with E-state index in [1.807, 2.05) is 0 Å². The van der Waals surface area contributed by atoms with Crippen molar-refractivity contribution in [2.75, 3.05) is 5.73 Å². The molecule has 0 saturated carbocycles. The lowest BCUT2D eigenvalue weighted by atomic mass is 10.2. The number of aromatic nitrogens is 1. The highest BCUT2D eigenvalue weighted by atomic mass is 79.9. The first-order valence-corrected chi connectivity index (χ1v) is 5.67. The fourth-order valence-corrected chi connectivity index (χ4v) is 1.64. The minimum absolute atomic E-state index is 0.199. The Morgan fingerprint density at radius 2 is 2.41 bits per heavy atom. The maximum atomic E-state index is 11.8. The topological polar surface area (TPSA) is 81.1 Å². The highest BCUT2D eigenvalue weighted by Gasteiger charge is 2.11. The molecule has 1 amide bonds. The summed E-state index contributed by atoms with van der Waals surface area (Å²) in [5.41, 5.74) is 5.96. The Kier molecular flexibility index (Phi) is 3.43. The van der Waals surface area contributed by atoms with E-state index in [0.717, 1.165) is 0 Å². The van der Waals surface area contributed by atoms with Crippen molar-refractivity contribution in [1.82, 2.24) is 10.3 Å². The molecule has 3 N–H and O–H groups in total. The minimum atomic E-state index is -0.285. The normalized spacial score (nSPS) is 10.2. The number of anilines is 1. The number of nitrogens with zero attached hydrogens (tertiary/aromatic N) is 1. The van der Waals surface area contributed by atoms with Crippen LogP contribution in [0.4, 0.5) is 5.82 Å². The van der Waals surface area contributed by atoms with Crippen LogP contribution < -0.4 is 11.1 Å². The summed E-state index contributed by atoms with van der Waals surface area (Å²) in [7, 11) is 0. The minimum Gasteiger partial charge on any atom is -0.467 e. The molecule has 0 saturated heterocycles. The molecule has 0 radical (unpaired) electrons. The van der Waals surface area contributed by atoms with Gasteiger partial charge in [-0.15, -0.1) is 0 Å². The van der Waals surface area contributed by atoms with Crippen molar-refractivity contribution in [3.63, 3.8) is 0 Å². The standard InChI is InChI=1S/C11H10BrN3O2/c12-7-4-9(10(13)14-5-7)11(16)15-6-8-2-1-3-17-8/h1-5H,6H2,(H2,13,14)(H,15,16). The number of hydrogen-bond acceptors (Lipinski definition) is 4. The summed E-state index contributed by atoms with van der Waals surface area (Å²) in [4.78, 5) is 15.7. The van der Waals surface area contributed by atoms with Crippen LogP contribution in [0.5, 0.6) is 0 Å². The van der Waals surface area contributed by atoms with Crippen LogP contribution in [0.2, 0.25) is 0 Å². The molecule has 2 rings (SSSR count). The van der Waals surface area contributed by atoms with Gasteiger partial charge in [-0.3, -0.25) is 4.79 Å². The highest BCUT2D eigenvalue weighted by Crippen LogP contribution is 2.15. The molecule has 17 heavy (non-hydrogen) atoms. The van der Waals surface area contributed by atoms with Gasteiger partial charge in [0, 0.05) is 10.7 Å². The van der Waals surface area contributed by atoms with Gasteiger partial charge in [0.25, 0.3) is 5.91 Å². The first kappa shape index (κ1) is 11.7. The van der Waals surface area contributed by atoms with Crippen LogP contribution in [0.15, 0.2) is 39.5 Å². The molecule has 0 aliphatic rings. The molecule has 0 aliphatic carbocycles. The molecule has 0 bridgehead atoms. The lowest BCUT2D eigenvalue weighted by Crippen LogP contribution is -2.24. The number of nitrogens with two attached hydrogens (primary N) is 1. The van der Waals surface area contributed by atoms with Gasteiger partial charge in [-0.1, -0.05) is 0 Å². The second-order valence-corrected chi connectivity index (χ2v) is 4.26. The van der Waals surface area contributed by atoms with Gasteiger partial charge in [0.2, 0.25) is 0 Å². The maximum absolute atomic E-state index is 11.8. The highest BCUT2D eigenvalue weighted by molar-refractivity contribution is 9.10. The number of nitrogen functional groups attached to an aromatic ring is 1. The third-order valence-corrected chi connectivity index (χ3v) is 2.57. The Hall–Kier alpha value is -1.82. The number of rotatable bonds is 3. The van der Waals surface area contributed by atoms with Crippen LogP contribution in [0.3, 0.4) is 0 Å². The summed E-state index contributed by atoms with van der Waals surface area (Å²) in [6, 6.07) is 5.17. The van der Waals surface area contributed by atoms with E-state index in [9.17, 15) is 4.79 Å². The first-order chi connectivity index (χ1) is 8.16. The maximum Gasteiger partial charge on any atom is 0.255 e. The van der Waals surface area contributed by atoms with E-state index in [0.29, 0.717) is 22.3 Å². The van der Waals surface area contributed by atoms with Gasteiger partial charge in [0.1, 0.15) is 11.6 Å². The Morgan fingerprint density at radius 3 is 3.12 bits per heavy atom. The number of pyridine rings is 1. The number of carbonyl (C=O) groups excluding carboxylic acids is 1. The number of nitrogens with one attached hydrogen (secondary N) is 1. The molecular weight excluding hydrogens is 286 g/mol. The van der Waals surface area contributed by atoms with Gasteiger partial charge in [-0.05, 0) is 34.1 Å². The van der Waals surface area contributed by atoms with E-state index in [1.54, 1.807) is 30.7 Å². The predicted molar refractivity (Wildman–Crippen MR) is 66.2 cm³/mol. The SMILES string of the molecule is Nc1ncc(Br)cc1C(=O)NCc1ccco1. The number of halogens is 1. The number of hydrogen-bond donors (Lipinski definition) is 2. The summed E-state index contributed by atoms with van der Waals surface area (Å²) < 4.78 is 5.81. The van der Waals surface area contributed by atoms with E-state index in [-0.39, 0.29) is 11.7 Å². The van der Waals surface area contributed by atoms with E-state index in [4.69, 9.17) is 10.2 Å². The molecule has 0 aromatic carbocycles. The monoisotopic (exact) mass is 295 g/mol. The van der Waals surface area contributed by atoms with Crippen molar-refractivity contribution in [2.24, 2.45) is 0 Å². The van der Waals surface area contributed by atoms with E-state index < -0.39 is 0 Å². The zero-order chi connectivity index (χ0) is 12.3. The molecule has 0 fully saturated rings. The summed E-state index contributed by atoms with van der Waals surface area (Å²) in [5.74, 6) is 0.595. The van der Waals surface area contributed by atoms with Crippen molar-refractivity contribution in [2.45, 2.75) is 6.54 Å². The molecular formula is C11H10BrN3O2. The fourth-order valence-electron chi connectivity index (χ4n) is 1.31. The fraction of sp³-hybridized carbons (Fsp3) is 0.0909. The van der Waals surface area contributed by atoms with Gasteiger partial charge >= 0.3 is 0 Å². The molecule has 0 atom stereocenters. The predicted octanol–water partition coefficient (Wildman–Crippen LogP) is 1.95. The Morgan fingerprint density at radius 1 is 1.59 bits per heavy atom. The summed E-state index contributed by atoms with van der Waals surface area (Å²) >= 11 is 3.24. The summed E-state index contributed by atoms with van der Waals surface area (Å²) in [6.45, 7) is 0.317. The number of furan rings is 1. The average molecular weight is 296 g/mol. The largest absolute Gasteiger partial charge is 0.467 e. The lowest BCUT2D eigenvalue weighted by molar-refractivity contribution is 0.0948. The average Bonchev–Trinajstić information content (AvgIpc) is 2.82. The van der Waals surface area contributed by atoms with Crippen LogP contribution in [0.25, 0.3) is 0 Å². The van der Waals surface area contributed by atoms with Crippen LogP contribution >= 0.6 is 15.9 Å². The molecule has 2 heterocycles. The van der Waals surface area contributed by atoms with Crippen molar-refractivity contribution >= 4 is 27.7 Å². The molecule has 0 aliphatic heterocycles. The molecule has 2 aromatic heterocycles. The van der Waals surface area contributed by atoms with Gasteiger partial charge in [-0.25, -0.2) is 4.98 Å². The second-order valence-electron chi connectivity index (χ2n) is 3.35. The first-order valence-electron chi connectivity index (χ1n) is 4.88. The number of carbonyl (C=O) groups is 1. The Labute approximate surface area is 106 Å². The van der Waals surface area contributed by atoms with E-state index >= 15 is 0 Å². The molecule has 0 spiro atoms. The van der Waals surface area contributed by atoms with Gasteiger partial charge in [-0.2, -0.15) is 0 Å². The quantitative estimate of drug-likeness (QED) is 0.907. The van der Waals surface area contributed by atoms with Crippen molar-refractivity contribution in [3.8, 4) is 0 Å². The molecule has 2 aromatic rings. The smallest absolute Gasteiger partial charge is 0.255 e. The molecule has 0 unspecified atom stereocenters. The van der Waals surface area contributed by atoms with Crippen molar-refractivity contribution < 1.29 is 9.21 Å². The molecule has 5 nitrogen and oxygen atoms in total. The van der Waals surface area contributed by atoms with Crippen LogP contribution in [0.1, 0.15) is 16.1 Å². The third kappa shape index (κ3) is 2.85. The second kappa shape index (κ2) is 5.01. The van der Waals surface area contributed by atoms with Gasteiger partial charge < -0.3 is 15.5 Å². The van der Waals surface area contributed by atoms with E-state index in [1.165, 1.54) is 0 Å². The van der Waals surface area contributed by atoms with Gasteiger partial charge in [0.15, 0.2) is 0 Å². The lowest BCUT2D eigenvalue weighted by Gasteiger charge is -2.05. The number of amides is 1. The van der Waals surface area contributed by atoms with Crippen LogP contribution in [-0.2, 0) is 6.54 Å². The molecule has 6 heteroatoms. The zero-order valence-electron chi connectivity index (χ0n) is 8.81. The third-order valence-electron chi connectivity index (χ3n) is 2.13.